The van der Waals surface area contributed by atoms with Gasteiger partial charge in [-0.2, -0.15) is 0 Å². The van der Waals surface area contributed by atoms with E-state index in [-0.39, 0.29) is 12.2 Å². The number of rotatable bonds is 4. The van der Waals surface area contributed by atoms with Gasteiger partial charge < -0.3 is 9.84 Å². The SMILES string of the molecule is Cc1cc(C(=O)O)ccc1OCc1nonc1C. The first-order valence-corrected chi connectivity index (χ1v) is 5.32. The van der Waals surface area contributed by atoms with Crippen molar-refractivity contribution in [2.75, 3.05) is 0 Å². The number of hydrogen-bond acceptors (Lipinski definition) is 5. The second-order valence-electron chi connectivity index (χ2n) is 3.87. The van der Waals surface area contributed by atoms with Gasteiger partial charge in [-0.1, -0.05) is 10.3 Å². The van der Waals surface area contributed by atoms with Crippen LogP contribution in [-0.4, -0.2) is 21.4 Å². The topological polar surface area (TPSA) is 85.5 Å². The smallest absolute Gasteiger partial charge is 0.335 e. The summed E-state index contributed by atoms with van der Waals surface area (Å²) in [6, 6.07) is 4.69. The summed E-state index contributed by atoms with van der Waals surface area (Å²) in [7, 11) is 0. The molecule has 0 unspecified atom stereocenters. The maximum atomic E-state index is 10.8. The first kappa shape index (κ1) is 12.1. The molecule has 0 bridgehead atoms. The van der Waals surface area contributed by atoms with Crippen molar-refractivity contribution < 1.29 is 19.3 Å². The van der Waals surface area contributed by atoms with Gasteiger partial charge in [-0.3, -0.25) is 0 Å². The van der Waals surface area contributed by atoms with Gasteiger partial charge in [-0.05, 0) is 37.6 Å². The monoisotopic (exact) mass is 248 g/mol. The standard InChI is InChI=1S/C12H12N2O4/c1-7-5-9(12(15)16)3-4-11(7)17-6-10-8(2)13-18-14-10/h3-5H,6H2,1-2H3,(H,15,16). The van der Waals surface area contributed by atoms with E-state index >= 15 is 0 Å². The van der Waals surface area contributed by atoms with Crippen molar-refractivity contribution in [2.45, 2.75) is 20.5 Å². The molecule has 0 saturated carbocycles. The van der Waals surface area contributed by atoms with E-state index in [1.54, 1.807) is 26.0 Å². The maximum absolute atomic E-state index is 10.8. The molecule has 18 heavy (non-hydrogen) atoms. The molecule has 0 fully saturated rings. The number of aromatic carboxylic acids is 1. The van der Waals surface area contributed by atoms with E-state index in [1.165, 1.54) is 6.07 Å². The van der Waals surface area contributed by atoms with E-state index in [9.17, 15) is 4.79 Å². The number of ether oxygens (including phenoxy) is 1. The highest BCUT2D eigenvalue weighted by Gasteiger charge is 2.09. The summed E-state index contributed by atoms with van der Waals surface area (Å²) in [5.41, 5.74) is 2.29. The van der Waals surface area contributed by atoms with Crippen molar-refractivity contribution in [1.82, 2.24) is 10.3 Å². The molecule has 6 nitrogen and oxygen atoms in total. The molecule has 1 heterocycles. The third-order valence-corrected chi connectivity index (χ3v) is 2.53. The minimum absolute atomic E-state index is 0.235. The first-order valence-electron chi connectivity index (χ1n) is 5.32. The molecule has 0 spiro atoms. The van der Waals surface area contributed by atoms with Crippen molar-refractivity contribution in [3.63, 3.8) is 0 Å². The summed E-state index contributed by atoms with van der Waals surface area (Å²) < 4.78 is 10.1. The van der Waals surface area contributed by atoms with Gasteiger partial charge in [0, 0.05) is 0 Å². The third kappa shape index (κ3) is 2.48. The molecule has 2 rings (SSSR count). The predicted octanol–water partition coefficient (Wildman–Crippen LogP) is 1.96. The fraction of sp³-hybridized carbons (Fsp3) is 0.250. The Morgan fingerprint density at radius 2 is 2.17 bits per heavy atom. The van der Waals surface area contributed by atoms with Crippen molar-refractivity contribution >= 4 is 5.97 Å². The highest BCUT2D eigenvalue weighted by atomic mass is 16.6. The maximum Gasteiger partial charge on any atom is 0.335 e. The molecule has 1 aromatic carbocycles. The molecule has 94 valence electrons. The zero-order chi connectivity index (χ0) is 13.1. The lowest BCUT2D eigenvalue weighted by Crippen LogP contribution is -2.01. The third-order valence-electron chi connectivity index (χ3n) is 2.53. The molecule has 0 aliphatic heterocycles. The second-order valence-corrected chi connectivity index (χ2v) is 3.87. The highest BCUT2D eigenvalue weighted by molar-refractivity contribution is 5.88. The molecule has 1 N–H and O–H groups in total. The van der Waals surface area contributed by atoms with Crippen LogP contribution < -0.4 is 4.74 Å². The molecule has 0 aliphatic carbocycles. The van der Waals surface area contributed by atoms with E-state index in [0.717, 1.165) is 5.56 Å². The first-order chi connectivity index (χ1) is 8.58. The summed E-state index contributed by atoms with van der Waals surface area (Å²) >= 11 is 0. The Balaban J connectivity index is 2.11. The zero-order valence-electron chi connectivity index (χ0n) is 10.0. The van der Waals surface area contributed by atoms with Crippen molar-refractivity contribution in [3.8, 4) is 5.75 Å². The van der Waals surface area contributed by atoms with Crippen molar-refractivity contribution in [1.29, 1.82) is 0 Å². The van der Waals surface area contributed by atoms with Gasteiger partial charge in [-0.15, -0.1) is 0 Å². The zero-order valence-corrected chi connectivity index (χ0v) is 10.0. The van der Waals surface area contributed by atoms with Crippen LogP contribution in [0.15, 0.2) is 22.8 Å². The predicted molar refractivity (Wildman–Crippen MR) is 61.5 cm³/mol. The van der Waals surface area contributed by atoms with Crippen LogP contribution in [0.5, 0.6) is 5.75 Å². The Hall–Kier alpha value is -2.37. The Bertz CT molecular complexity index is 577. The fourth-order valence-electron chi connectivity index (χ4n) is 1.47. The summed E-state index contributed by atoms with van der Waals surface area (Å²) in [4.78, 5) is 10.8. The largest absolute Gasteiger partial charge is 0.487 e. The Kier molecular flexibility index (Phi) is 3.27. The number of carbonyl (C=O) groups is 1. The quantitative estimate of drug-likeness (QED) is 0.890. The Labute approximate surface area is 103 Å². The average Bonchev–Trinajstić information content (AvgIpc) is 2.73. The van der Waals surface area contributed by atoms with Gasteiger partial charge in [0.1, 0.15) is 23.7 Å². The molecule has 0 amide bonds. The van der Waals surface area contributed by atoms with Gasteiger partial charge in [0.2, 0.25) is 0 Å². The van der Waals surface area contributed by atoms with Crippen LogP contribution in [0.3, 0.4) is 0 Å². The highest BCUT2D eigenvalue weighted by Crippen LogP contribution is 2.20. The molecule has 6 heteroatoms. The average molecular weight is 248 g/mol. The lowest BCUT2D eigenvalue weighted by Gasteiger charge is -2.08. The number of nitrogens with zero attached hydrogens (tertiary/aromatic N) is 2. The molecule has 0 atom stereocenters. The number of aryl methyl sites for hydroxylation is 2. The van der Waals surface area contributed by atoms with Crippen LogP contribution in [0.1, 0.15) is 27.3 Å². The van der Waals surface area contributed by atoms with Crippen LogP contribution >= 0.6 is 0 Å². The van der Waals surface area contributed by atoms with E-state index < -0.39 is 5.97 Å². The lowest BCUT2D eigenvalue weighted by atomic mass is 10.1. The molecule has 0 saturated heterocycles. The van der Waals surface area contributed by atoms with Gasteiger partial charge in [0.05, 0.1) is 5.56 Å². The number of carboxylic acids is 1. The summed E-state index contributed by atoms with van der Waals surface area (Å²) in [5, 5.41) is 16.2. The molecule has 0 radical (unpaired) electrons. The fourth-order valence-corrected chi connectivity index (χ4v) is 1.47. The minimum atomic E-state index is -0.957. The summed E-state index contributed by atoms with van der Waals surface area (Å²) in [6.07, 6.45) is 0. The molecule has 1 aromatic heterocycles. The van der Waals surface area contributed by atoms with Gasteiger partial charge in [-0.25, -0.2) is 9.42 Å². The van der Waals surface area contributed by atoms with E-state index in [1.807, 2.05) is 0 Å². The molecule has 0 aliphatic rings. The van der Waals surface area contributed by atoms with Crippen LogP contribution in [-0.2, 0) is 6.61 Å². The van der Waals surface area contributed by atoms with Crippen LogP contribution in [0.25, 0.3) is 0 Å². The lowest BCUT2D eigenvalue weighted by molar-refractivity contribution is 0.0696. The number of benzene rings is 1. The van der Waals surface area contributed by atoms with E-state index in [2.05, 4.69) is 14.9 Å². The Morgan fingerprint density at radius 3 is 2.72 bits per heavy atom. The molecular formula is C12H12N2O4. The number of carboxylic acid groups (broad SMARTS) is 1. The minimum Gasteiger partial charge on any atom is -0.487 e. The van der Waals surface area contributed by atoms with Gasteiger partial charge >= 0.3 is 5.97 Å². The number of hydrogen-bond donors (Lipinski definition) is 1. The summed E-state index contributed by atoms with van der Waals surface area (Å²) in [6.45, 7) is 3.80. The Morgan fingerprint density at radius 1 is 1.39 bits per heavy atom. The summed E-state index contributed by atoms with van der Waals surface area (Å²) in [5.74, 6) is -0.344. The van der Waals surface area contributed by atoms with Gasteiger partial charge in [0.25, 0.3) is 0 Å². The van der Waals surface area contributed by atoms with Crippen molar-refractivity contribution in [3.05, 3.63) is 40.7 Å². The van der Waals surface area contributed by atoms with E-state index in [0.29, 0.717) is 17.1 Å². The number of aromatic nitrogens is 2. The van der Waals surface area contributed by atoms with E-state index in [4.69, 9.17) is 9.84 Å². The van der Waals surface area contributed by atoms with Crippen LogP contribution in [0.2, 0.25) is 0 Å². The van der Waals surface area contributed by atoms with Gasteiger partial charge in [0.15, 0.2) is 0 Å². The van der Waals surface area contributed by atoms with Crippen LogP contribution in [0.4, 0.5) is 0 Å². The molecular weight excluding hydrogens is 236 g/mol. The normalized spacial score (nSPS) is 10.3. The van der Waals surface area contributed by atoms with Crippen molar-refractivity contribution in [2.24, 2.45) is 0 Å². The second kappa shape index (κ2) is 4.87. The van der Waals surface area contributed by atoms with Crippen LogP contribution in [0, 0.1) is 13.8 Å². The molecule has 2 aromatic rings.